The Bertz CT molecular complexity index is 652. The van der Waals surface area contributed by atoms with Crippen LogP contribution in [0.4, 0.5) is 0 Å². The molecular weight excluding hydrogens is 286 g/mol. The van der Waals surface area contributed by atoms with Crippen LogP contribution in [0.1, 0.15) is 30.7 Å². The first-order valence-electron chi connectivity index (χ1n) is 7.91. The maximum Gasteiger partial charge on any atom is 0.191 e. The van der Waals surface area contributed by atoms with E-state index < -0.39 is 0 Å². The van der Waals surface area contributed by atoms with E-state index in [9.17, 15) is 0 Å². The Morgan fingerprint density at radius 1 is 1.17 bits per heavy atom. The molecule has 1 aromatic heterocycles. The van der Waals surface area contributed by atoms with Crippen molar-refractivity contribution in [1.29, 1.82) is 0 Å². The third-order valence-electron chi connectivity index (χ3n) is 4.11. The molecule has 0 unspecified atom stereocenters. The van der Waals surface area contributed by atoms with Crippen LogP contribution in [0.2, 0.25) is 0 Å². The van der Waals surface area contributed by atoms with Crippen LogP contribution in [0.25, 0.3) is 0 Å². The lowest BCUT2D eigenvalue weighted by molar-refractivity contribution is 0.508. The van der Waals surface area contributed by atoms with Crippen LogP contribution in [-0.2, 0) is 19.0 Å². The molecule has 0 atom stereocenters. The number of nitrogens with zero attached hydrogens (tertiary/aromatic N) is 3. The molecule has 5 heteroatoms. The van der Waals surface area contributed by atoms with Gasteiger partial charge in [0.05, 0.1) is 12.2 Å². The molecule has 0 aliphatic heterocycles. The predicted octanol–water partition coefficient (Wildman–Crippen LogP) is 2.37. The van der Waals surface area contributed by atoms with E-state index in [1.165, 1.54) is 11.1 Å². The Kier molecular flexibility index (Phi) is 5.42. The van der Waals surface area contributed by atoms with Gasteiger partial charge in [0.1, 0.15) is 0 Å². The highest BCUT2D eigenvalue weighted by Gasteiger charge is 2.20. The van der Waals surface area contributed by atoms with E-state index in [2.05, 4.69) is 65.8 Å². The zero-order valence-electron chi connectivity index (χ0n) is 14.7. The Hall–Kier alpha value is -2.30. The van der Waals surface area contributed by atoms with Gasteiger partial charge in [0.2, 0.25) is 0 Å². The summed E-state index contributed by atoms with van der Waals surface area (Å²) in [6.07, 6.45) is 1.80. The zero-order valence-corrected chi connectivity index (χ0v) is 14.7. The normalized spacial score (nSPS) is 12.3. The van der Waals surface area contributed by atoms with Crippen molar-refractivity contribution in [2.45, 2.75) is 32.7 Å². The lowest BCUT2D eigenvalue weighted by Gasteiger charge is -2.27. The number of hydrogen-bond donors (Lipinski definition) is 2. The van der Waals surface area contributed by atoms with Crippen molar-refractivity contribution < 1.29 is 0 Å². The highest BCUT2D eigenvalue weighted by molar-refractivity contribution is 5.79. The third-order valence-corrected chi connectivity index (χ3v) is 4.11. The van der Waals surface area contributed by atoms with Gasteiger partial charge in [0, 0.05) is 32.3 Å². The van der Waals surface area contributed by atoms with Crippen LogP contribution >= 0.6 is 0 Å². The molecule has 124 valence electrons. The number of benzene rings is 1. The monoisotopic (exact) mass is 313 g/mol. The Labute approximate surface area is 138 Å². The van der Waals surface area contributed by atoms with Gasteiger partial charge in [-0.05, 0) is 18.6 Å². The number of rotatable bonds is 5. The number of aliphatic imine (C=N–C) groups is 1. The van der Waals surface area contributed by atoms with Crippen molar-refractivity contribution in [3.05, 3.63) is 53.3 Å². The number of aryl methyl sites for hydroxylation is 2. The number of aromatic nitrogens is 2. The molecular formula is C18H27N5. The first-order chi connectivity index (χ1) is 10.9. The van der Waals surface area contributed by atoms with E-state index >= 15 is 0 Å². The molecule has 23 heavy (non-hydrogen) atoms. The van der Waals surface area contributed by atoms with Crippen LogP contribution in [0.15, 0.2) is 41.5 Å². The molecule has 0 aliphatic rings. The smallest absolute Gasteiger partial charge is 0.191 e. The van der Waals surface area contributed by atoms with Crippen LogP contribution in [-0.4, -0.2) is 29.3 Å². The molecule has 0 radical (unpaired) electrons. The highest BCUT2D eigenvalue weighted by atomic mass is 15.3. The van der Waals surface area contributed by atoms with Gasteiger partial charge in [-0.25, -0.2) is 0 Å². The summed E-state index contributed by atoms with van der Waals surface area (Å²) in [5.41, 5.74) is 3.74. The zero-order chi connectivity index (χ0) is 16.9. The van der Waals surface area contributed by atoms with Crippen molar-refractivity contribution in [2.75, 3.05) is 13.6 Å². The topological polar surface area (TPSA) is 54.2 Å². The summed E-state index contributed by atoms with van der Waals surface area (Å²) < 4.78 is 1.86. The van der Waals surface area contributed by atoms with Gasteiger partial charge in [-0.1, -0.05) is 43.7 Å². The summed E-state index contributed by atoms with van der Waals surface area (Å²) in [5.74, 6) is 0.798. The average Bonchev–Trinajstić information content (AvgIpc) is 2.93. The molecule has 0 saturated heterocycles. The molecule has 1 aromatic carbocycles. The summed E-state index contributed by atoms with van der Waals surface area (Å²) in [7, 11) is 3.73. The van der Waals surface area contributed by atoms with Gasteiger partial charge in [-0.2, -0.15) is 5.10 Å². The molecule has 1 heterocycles. The average molecular weight is 313 g/mol. The molecule has 0 spiro atoms. The second kappa shape index (κ2) is 7.31. The van der Waals surface area contributed by atoms with Crippen LogP contribution in [0.5, 0.6) is 0 Å². The van der Waals surface area contributed by atoms with Gasteiger partial charge in [-0.15, -0.1) is 0 Å². The minimum atomic E-state index is 0.0256. The molecule has 2 rings (SSSR count). The fourth-order valence-electron chi connectivity index (χ4n) is 2.38. The highest BCUT2D eigenvalue weighted by Crippen LogP contribution is 2.22. The Morgan fingerprint density at radius 3 is 2.43 bits per heavy atom. The lowest BCUT2D eigenvalue weighted by atomic mass is 9.84. The van der Waals surface area contributed by atoms with E-state index in [1.807, 2.05) is 17.8 Å². The van der Waals surface area contributed by atoms with E-state index in [1.54, 1.807) is 13.2 Å². The van der Waals surface area contributed by atoms with Crippen LogP contribution < -0.4 is 10.6 Å². The first-order valence-corrected chi connectivity index (χ1v) is 7.91. The van der Waals surface area contributed by atoms with Crippen molar-refractivity contribution in [3.63, 3.8) is 0 Å². The minimum absolute atomic E-state index is 0.0256. The predicted molar refractivity (Wildman–Crippen MR) is 95.6 cm³/mol. The summed E-state index contributed by atoms with van der Waals surface area (Å²) in [4.78, 5) is 4.29. The van der Waals surface area contributed by atoms with Crippen molar-refractivity contribution >= 4 is 5.96 Å². The maximum absolute atomic E-state index is 4.29. The van der Waals surface area contributed by atoms with Gasteiger partial charge in [0.15, 0.2) is 5.96 Å². The standard InChI is InChI=1S/C18H27N5/c1-14-6-8-15(9-7-14)18(2,3)13-21-17(19-4)20-12-16-10-11-22-23(16)5/h6-11H,12-13H2,1-5H3,(H2,19,20,21). The number of guanidine groups is 1. The van der Waals surface area contributed by atoms with E-state index in [4.69, 9.17) is 0 Å². The Morgan fingerprint density at radius 2 is 1.87 bits per heavy atom. The van der Waals surface area contributed by atoms with Crippen LogP contribution in [0, 0.1) is 6.92 Å². The summed E-state index contributed by atoms with van der Waals surface area (Å²) >= 11 is 0. The molecule has 0 aliphatic carbocycles. The van der Waals surface area contributed by atoms with E-state index in [0.29, 0.717) is 6.54 Å². The third kappa shape index (κ3) is 4.58. The summed E-state index contributed by atoms with van der Waals surface area (Å²) in [5, 5.41) is 10.9. The summed E-state index contributed by atoms with van der Waals surface area (Å²) in [6.45, 7) is 8.08. The molecule has 0 bridgehead atoms. The first kappa shape index (κ1) is 17.1. The fraction of sp³-hybridized carbons (Fsp3) is 0.444. The SMILES string of the molecule is CN=C(NCc1ccnn1C)NCC(C)(C)c1ccc(C)cc1. The van der Waals surface area contributed by atoms with Gasteiger partial charge in [0.25, 0.3) is 0 Å². The summed E-state index contributed by atoms with van der Waals surface area (Å²) in [6, 6.07) is 10.7. The van der Waals surface area contributed by atoms with Gasteiger partial charge >= 0.3 is 0 Å². The van der Waals surface area contributed by atoms with E-state index in [0.717, 1.165) is 18.2 Å². The fourth-order valence-corrected chi connectivity index (χ4v) is 2.38. The largest absolute Gasteiger partial charge is 0.356 e. The molecule has 2 N–H and O–H groups in total. The number of hydrogen-bond acceptors (Lipinski definition) is 2. The van der Waals surface area contributed by atoms with Gasteiger partial charge in [-0.3, -0.25) is 9.67 Å². The second-order valence-corrected chi connectivity index (χ2v) is 6.48. The number of nitrogens with one attached hydrogen (secondary N) is 2. The minimum Gasteiger partial charge on any atom is -0.356 e. The molecule has 0 amide bonds. The van der Waals surface area contributed by atoms with Crippen molar-refractivity contribution in [2.24, 2.45) is 12.0 Å². The second-order valence-electron chi connectivity index (χ2n) is 6.48. The molecule has 2 aromatic rings. The molecule has 0 saturated carbocycles. The lowest BCUT2D eigenvalue weighted by Crippen LogP contribution is -2.43. The van der Waals surface area contributed by atoms with Gasteiger partial charge < -0.3 is 10.6 Å². The van der Waals surface area contributed by atoms with Crippen molar-refractivity contribution in [3.8, 4) is 0 Å². The quantitative estimate of drug-likeness (QED) is 0.658. The maximum atomic E-state index is 4.29. The van der Waals surface area contributed by atoms with E-state index in [-0.39, 0.29) is 5.41 Å². The van der Waals surface area contributed by atoms with Crippen molar-refractivity contribution in [1.82, 2.24) is 20.4 Å². The molecule has 5 nitrogen and oxygen atoms in total. The Balaban J connectivity index is 1.91. The molecule has 0 fully saturated rings. The van der Waals surface area contributed by atoms with Crippen LogP contribution in [0.3, 0.4) is 0 Å².